The second-order valence-electron chi connectivity index (χ2n) is 9.08. The van der Waals surface area contributed by atoms with Gasteiger partial charge >= 0.3 is 0 Å². The molecular weight excluding hydrogens is 524 g/mol. The fraction of sp³-hybridized carbons (Fsp3) is 0.370. The summed E-state index contributed by atoms with van der Waals surface area (Å²) in [5, 5.41) is 33.6. The van der Waals surface area contributed by atoms with Crippen molar-refractivity contribution in [2.75, 3.05) is 57.9 Å². The SMILES string of the molecule is CC(=C(C#N)S(=O)(=O)NCC(O)CO)c1ccc(-c2ccc3cc(NCCN4CCOCC4)ccc3c2)s1. The van der Waals surface area contributed by atoms with Crippen molar-refractivity contribution in [3.63, 3.8) is 0 Å². The molecule has 1 atom stereocenters. The van der Waals surface area contributed by atoms with Crippen LogP contribution in [0.1, 0.15) is 11.8 Å². The molecule has 9 nitrogen and oxygen atoms in total. The maximum absolute atomic E-state index is 12.6. The van der Waals surface area contributed by atoms with Gasteiger partial charge in [-0.1, -0.05) is 18.2 Å². The van der Waals surface area contributed by atoms with Crippen LogP contribution in [-0.4, -0.2) is 82.2 Å². The zero-order valence-electron chi connectivity index (χ0n) is 21.2. The van der Waals surface area contributed by atoms with E-state index in [9.17, 15) is 18.8 Å². The van der Waals surface area contributed by atoms with Gasteiger partial charge in [0.1, 0.15) is 6.07 Å². The zero-order chi connectivity index (χ0) is 27.1. The van der Waals surface area contributed by atoms with E-state index in [0.717, 1.165) is 66.3 Å². The van der Waals surface area contributed by atoms with Crippen molar-refractivity contribution in [1.82, 2.24) is 9.62 Å². The van der Waals surface area contributed by atoms with Gasteiger partial charge in [-0.3, -0.25) is 4.90 Å². The second kappa shape index (κ2) is 12.8. The van der Waals surface area contributed by atoms with Gasteiger partial charge in [0, 0.05) is 48.2 Å². The molecule has 11 heteroatoms. The average molecular weight is 557 g/mol. The third kappa shape index (κ3) is 6.98. The summed E-state index contributed by atoms with van der Waals surface area (Å²) in [5.74, 6) is 0. The van der Waals surface area contributed by atoms with Crippen LogP contribution in [0, 0.1) is 11.3 Å². The molecule has 4 N–H and O–H groups in total. The van der Waals surface area contributed by atoms with Gasteiger partial charge in [-0.2, -0.15) is 5.26 Å². The first-order chi connectivity index (χ1) is 18.3. The molecule has 1 unspecified atom stereocenters. The van der Waals surface area contributed by atoms with Crippen LogP contribution in [-0.2, 0) is 14.8 Å². The molecule has 0 saturated carbocycles. The van der Waals surface area contributed by atoms with Crippen LogP contribution >= 0.6 is 11.3 Å². The minimum absolute atomic E-state index is 0.323. The third-order valence-electron chi connectivity index (χ3n) is 6.39. The fourth-order valence-electron chi connectivity index (χ4n) is 4.19. The van der Waals surface area contributed by atoms with E-state index in [0.29, 0.717) is 10.5 Å². The lowest BCUT2D eigenvalue weighted by molar-refractivity contribution is 0.0398. The first-order valence-electron chi connectivity index (χ1n) is 12.4. The highest BCUT2D eigenvalue weighted by Gasteiger charge is 2.23. The summed E-state index contributed by atoms with van der Waals surface area (Å²) in [6, 6.07) is 18.0. The van der Waals surface area contributed by atoms with Gasteiger partial charge in [-0.25, -0.2) is 13.1 Å². The molecule has 202 valence electrons. The number of aliphatic hydroxyl groups is 2. The van der Waals surface area contributed by atoms with Gasteiger partial charge < -0.3 is 20.3 Å². The number of thiophene rings is 1. The van der Waals surface area contributed by atoms with Gasteiger partial charge in [0.15, 0.2) is 4.91 Å². The molecule has 0 radical (unpaired) electrons. The number of anilines is 1. The summed E-state index contributed by atoms with van der Waals surface area (Å²) in [7, 11) is -4.14. The number of ether oxygens (including phenoxy) is 1. The number of sulfonamides is 1. The van der Waals surface area contributed by atoms with Crippen molar-refractivity contribution in [3.8, 4) is 16.5 Å². The van der Waals surface area contributed by atoms with Gasteiger partial charge in [-0.15, -0.1) is 11.3 Å². The molecule has 0 bridgehead atoms. The van der Waals surface area contributed by atoms with E-state index in [4.69, 9.17) is 9.84 Å². The van der Waals surface area contributed by atoms with E-state index < -0.39 is 27.6 Å². The largest absolute Gasteiger partial charge is 0.394 e. The van der Waals surface area contributed by atoms with Crippen LogP contribution in [0.2, 0.25) is 0 Å². The van der Waals surface area contributed by atoms with Crippen LogP contribution in [0.5, 0.6) is 0 Å². The van der Waals surface area contributed by atoms with Crippen molar-refractivity contribution in [2.24, 2.45) is 0 Å². The molecule has 1 aliphatic rings. The molecule has 3 aromatic rings. The quantitative estimate of drug-likeness (QED) is 0.265. The number of nitriles is 1. The summed E-state index contributed by atoms with van der Waals surface area (Å²) in [4.78, 5) is 3.59. The Morgan fingerprint density at radius 3 is 2.63 bits per heavy atom. The number of allylic oxidation sites excluding steroid dienone is 2. The highest BCUT2D eigenvalue weighted by Crippen LogP contribution is 2.35. The van der Waals surface area contributed by atoms with Crippen LogP contribution in [0.15, 0.2) is 53.4 Å². The van der Waals surface area contributed by atoms with E-state index in [1.165, 1.54) is 11.3 Å². The number of benzene rings is 2. The molecule has 1 fully saturated rings. The van der Waals surface area contributed by atoms with E-state index >= 15 is 0 Å². The molecule has 4 rings (SSSR count). The maximum Gasteiger partial charge on any atom is 0.251 e. The maximum atomic E-state index is 12.6. The van der Waals surface area contributed by atoms with Crippen LogP contribution in [0.3, 0.4) is 0 Å². The smallest absolute Gasteiger partial charge is 0.251 e. The van der Waals surface area contributed by atoms with Crippen molar-refractivity contribution in [2.45, 2.75) is 13.0 Å². The van der Waals surface area contributed by atoms with Crippen LogP contribution in [0.4, 0.5) is 5.69 Å². The molecule has 0 amide bonds. The Labute approximate surface area is 227 Å². The summed E-state index contributed by atoms with van der Waals surface area (Å²) in [5.41, 5.74) is 2.39. The topological polar surface area (TPSA) is 135 Å². The number of aliphatic hydroxyl groups excluding tert-OH is 2. The highest BCUT2D eigenvalue weighted by molar-refractivity contribution is 7.93. The Kier molecular flexibility index (Phi) is 9.51. The Morgan fingerprint density at radius 2 is 1.89 bits per heavy atom. The number of morpholine rings is 1. The first kappa shape index (κ1) is 28.2. The van der Waals surface area contributed by atoms with Gasteiger partial charge in [0.2, 0.25) is 0 Å². The average Bonchev–Trinajstić information content (AvgIpc) is 3.43. The Balaban J connectivity index is 1.47. The summed E-state index contributed by atoms with van der Waals surface area (Å²) in [6.07, 6.45) is -1.24. The molecule has 38 heavy (non-hydrogen) atoms. The number of rotatable bonds is 11. The Morgan fingerprint density at radius 1 is 1.16 bits per heavy atom. The molecule has 1 aliphatic heterocycles. The van der Waals surface area contributed by atoms with E-state index in [2.05, 4.69) is 45.3 Å². The summed E-state index contributed by atoms with van der Waals surface area (Å²) in [6.45, 7) is 6.01. The number of nitrogens with one attached hydrogen (secondary N) is 2. The summed E-state index contributed by atoms with van der Waals surface area (Å²) >= 11 is 1.40. The standard InChI is InChI=1S/C27H32N4O5S2/c1-19(27(16-28)38(34,35)30-17-24(33)18-32)25-6-7-26(37-25)22-3-2-21-15-23(5-4-20(21)14-22)29-8-9-31-10-12-36-13-11-31/h2-7,14-15,24,29-30,32-33H,8-13,17-18H2,1H3. The van der Waals surface area contributed by atoms with E-state index in [1.54, 1.807) is 19.1 Å². The molecule has 2 aromatic carbocycles. The fourth-order valence-corrected chi connectivity index (χ4v) is 6.45. The first-order valence-corrected chi connectivity index (χ1v) is 14.7. The highest BCUT2D eigenvalue weighted by atomic mass is 32.2. The van der Waals surface area contributed by atoms with Crippen molar-refractivity contribution in [3.05, 3.63) is 58.3 Å². The Hall–Kier alpha value is -2.82. The number of nitrogens with zero attached hydrogens (tertiary/aromatic N) is 2. The lowest BCUT2D eigenvalue weighted by atomic mass is 10.1. The predicted molar refractivity (Wildman–Crippen MR) is 151 cm³/mol. The number of hydrogen-bond acceptors (Lipinski definition) is 9. The number of fused-ring (bicyclic) bond motifs is 1. The molecule has 0 spiro atoms. The Bertz CT molecular complexity index is 1440. The minimum Gasteiger partial charge on any atom is -0.394 e. The third-order valence-corrected chi connectivity index (χ3v) is 9.13. The zero-order valence-corrected chi connectivity index (χ0v) is 22.8. The van der Waals surface area contributed by atoms with Crippen LogP contribution < -0.4 is 10.0 Å². The monoisotopic (exact) mass is 556 g/mol. The molecule has 0 aliphatic carbocycles. The van der Waals surface area contributed by atoms with E-state index in [-0.39, 0.29) is 6.54 Å². The lowest BCUT2D eigenvalue weighted by Gasteiger charge is -2.26. The molecular formula is C27H32N4O5S2. The lowest BCUT2D eigenvalue weighted by Crippen LogP contribution is -2.38. The van der Waals surface area contributed by atoms with Crippen LogP contribution in [0.25, 0.3) is 26.8 Å². The van der Waals surface area contributed by atoms with Gasteiger partial charge in [0.05, 0.1) is 25.9 Å². The summed E-state index contributed by atoms with van der Waals surface area (Å²) < 4.78 is 32.8. The molecule has 1 aromatic heterocycles. The predicted octanol–water partition coefficient (Wildman–Crippen LogP) is 2.84. The molecule has 2 heterocycles. The van der Waals surface area contributed by atoms with Gasteiger partial charge in [-0.05, 0) is 59.2 Å². The van der Waals surface area contributed by atoms with Crippen molar-refractivity contribution < 1.29 is 23.4 Å². The van der Waals surface area contributed by atoms with Gasteiger partial charge in [0.25, 0.3) is 10.0 Å². The molecule has 1 saturated heterocycles. The minimum atomic E-state index is -4.14. The van der Waals surface area contributed by atoms with Crippen molar-refractivity contribution >= 4 is 43.4 Å². The second-order valence-corrected chi connectivity index (χ2v) is 11.9. The normalized spacial score (nSPS) is 16.2. The number of hydrogen-bond donors (Lipinski definition) is 4. The van der Waals surface area contributed by atoms with Crippen molar-refractivity contribution in [1.29, 1.82) is 5.26 Å². The van der Waals surface area contributed by atoms with E-state index in [1.807, 2.05) is 12.1 Å².